The van der Waals surface area contributed by atoms with Crippen LogP contribution in [0.1, 0.15) is 25.3 Å². The number of nitro benzene ring substituents is 1. The second-order valence-corrected chi connectivity index (χ2v) is 5.19. The highest BCUT2D eigenvalue weighted by Crippen LogP contribution is 2.32. The van der Waals surface area contributed by atoms with Crippen LogP contribution in [0.5, 0.6) is 0 Å². The lowest BCUT2D eigenvalue weighted by molar-refractivity contribution is -0.384. The van der Waals surface area contributed by atoms with Gasteiger partial charge in [0.2, 0.25) is 0 Å². The topological polar surface area (TPSA) is 79.4 Å². The van der Waals surface area contributed by atoms with Crippen LogP contribution in [0.25, 0.3) is 0 Å². The molecule has 0 aromatic heterocycles. The molecule has 0 N–H and O–H groups in total. The molecule has 21 heavy (non-hydrogen) atoms. The molecule has 0 amide bonds. The van der Waals surface area contributed by atoms with Crippen LogP contribution in [0.2, 0.25) is 0 Å². The molecule has 1 aliphatic rings. The Kier molecular flexibility index (Phi) is 5.12. The number of nitro groups is 1. The number of hydrogen-bond acceptors (Lipinski definition) is 5. The Morgan fingerprint density at radius 1 is 1.57 bits per heavy atom. The van der Waals surface area contributed by atoms with Crippen molar-refractivity contribution in [2.75, 3.05) is 31.2 Å². The lowest BCUT2D eigenvalue weighted by Gasteiger charge is -2.33. The summed E-state index contributed by atoms with van der Waals surface area (Å²) in [5.74, 6) is 0.397. The van der Waals surface area contributed by atoms with Gasteiger partial charge in [0.15, 0.2) is 0 Å². The Morgan fingerprint density at radius 3 is 3.05 bits per heavy atom. The Balaban J connectivity index is 2.20. The first-order valence-electron chi connectivity index (χ1n) is 7.17. The van der Waals surface area contributed by atoms with Gasteiger partial charge in [-0.25, -0.2) is 0 Å². The largest absolute Gasteiger partial charge is 0.381 e. The minimum absolute atomic E-state index is 0.00566. The lowest BCUT2D eigenvalue weighted by atomic mass is 9.98. The molecule has 0 saturated carbocycles. The van der Waals surface area contributed by atoms with Gasteiger partial charge < -0.3 is 9.64 Å². The van der Waals surface area contributed by atoms with Crippen LogP contribution in [-0.4, -0.2) is 31.2 Å². The number of nitrogens with zero attached hydrogens (tertiary/aromatic N) is 3. The zero-order chi connectivity index (χ0) is 15.2. The second-order valence-electron chi connectivity index (χ2n) is 5.19. The van der Waals surface area contributed by atoms with Gasteiger partial charge in [-0.15, -0.1) is 0 Å². The van der Waals surface area contributed by atoms with Crippen molar-refractivity contribution in [2.45, 2.75) is 19.8 Å². The molecule has 1 heterocycles. The van der Waals surface area contributed by atoms with Crippen molar-refractivity contribution in [3.8, 4) is 6.07 Å². The molecule has 2 rings (SSSR count). The quantitative estimate of drug-likeness (QED) is 0.615. The maximum absolute atomic E-state index is 11.2. The standard InChI is InChI=1S/C15H19N3O3/c1-2-21-11-13-4-3-7-17(10-13)14-6-5-12(9-16)8-15(14)18(19)20/h5-6,8,13H,2-4,7,10-11H2,1H3. The van der Waals surface area contributed by atoms with Crippen LogP contribution in [-0.2, 0) is 4.74 Å². The molecular formula is C15H19N3O3. The van der Waals surface area contributed by atoms with Gasteiger partial charge in [0.25, 0.3) is 5.69 Å². The summed E-state index contributed by atoms with van der Waals surface area (Å²) in [5.41, 5.74) is 0.916. The SMILES string of the molecule is CCOCC1CCCN(c2ccc(C#N)cc2[N+](=O)[O-])C1. The van der Waals surface area contributed by atoms with Crippen LogP contribution in [0, 0.1) is 27.4 Å². The molecule has 1 aliphatic heterocycles. The van der Waals surface area contributed by atoms with Crippen molar-refractivity contribution in [3.63, 3.8) is 0 Å². The molecule has 0 spiro atoms. The van der Waals surface area contributed by atoms with Gasteiger partial charge in [-0.2, -0.15) is 5.26 Å². The second kappa shape index (κ2) is 7.04. The van der Waals surface area contributed by atoms with Gasteiger partial charge in [0.05, 0.1) is 23.2 Å². The number of rotatable bonds is 5. The summed E-state index contributed by atoms with van der Waals surface area (Å²) in [4.78, 5) is 12.9. The lowest BCUT2D eigenvalue weighted by Crippen LogP contribution is -2.37. The fourth-order valence-electron chi connectivity index (χ4n) is 2.71. The van der Waals surface area contributed by atoms with E-state index >= 15 is 0 Å². The van der Waals surface area contributed by atoms with Crippen molar-refractivity contribution in [1.82, 2.24) is 0 Å². The van der Waals surface area contributed by atoms with Gasteiger partial charge in [-0.3, -0.25) is 10.1 Å². The molecule has 1 fully saturated rings. The smallest absolute Gasteiger partial charge is 0.293 e. The van der Waals surface area contributed by atoms with E-state index in [1.54, 1.807) is 12.1 Å². The molecule has 1 unspecified atom stereocenters. The summed E-state index contributed by atoms with van der Waals surface area (Å²) in [6.07, 6.45) is 2.08. The maximum atomic E-state index is 11.2. The van der Waals surface area contributed by atoms with Crippen molar-refractivity contribution in [3.05, 3.63) is 33.9 Å². The zero-order valence-corrected chi connectivity index (χ0v) is 12.1. The van der Waals surface area contributed by atoms with E-state index in [0.717, 1.165) is 25.9 Å². The summed E-state index contributed by atoms with van der Waals surface area (Å²) in [6.45, 7) is 4.90. The molecule has 1 aromatic rings. The van der Waals surface area contributed by atoms with Crippen LogP contribution < -0.4 is 4.90 Å². The average Bonchev–Trinajstić information content (AvgIpc) is 2.52. The molecule has 0 radical (unpaired) electrons. The normalized spacial score (nSPS) is 18.3. The highest BCUT2D eigenvalue weighted by molar-refractivity contribution is 5.65. The Labute approximate surface area is 124 Å². The molecular weight excluding hydrogens is 270 g/mol. The molecule has 1 saturated heterocycles. The number of anilines is 1. The van der Waals surface area contributed by atoms with E-state index in [9.17, 15) is 10.1 Å². The summed E-state index contributed by atoms with van der Waals surface area (Å²) in [6, 6.07) is 6.61. The fraction of sp³-hybridized carbons (Fsp3) is 0.533. The fourth-order valence-corrected chi connectivity index (χ4v) is 2.71. The first-order chi connectivity index (χ1) is 10.2. The maximum Gasteiger partial charge on any atom is 0.293 e. The minimum atomic E-state index is -0.414. The Morgan fingerprint density at radius 2 is 2.38 bits per heavy atom. The van der Waals surface area contributed by atoms with Crippen LogP contribution in [0.3, 0.4) is 0 Å². The minimum Gasteiger partial charge on any atom is -0.381 e. The van der Waals surface area contributed by atoms with Crippen molar-refractivity contribution in [1.29, 1.82) is 5.26 Å². The van der Waals surface area contributed by atoms with Crippen LogP contribution >= 0.6 is 0 Å². The first-order valence-corrected chi connectivity index (χ1v) is 7.17. The van der Waals surface area contributed by atoms with E-state index in [1.165, 1.54) is 6.07 Å². The van der Waals surface area contributed by atoms with Crippen molar-refractivity contribution in [2.24, 2.45) is 5.92 Å². The van der Waals surface area contributed by atoms with E-state index in [-0.39, 0.29) is 5.69 Å². The highest BCUT2D eigenvalue weighted by atomic mass is 16.6. The predicted molar refractivity (Wildman–Crippen MR) is 79.2 cm³/mol. The third-order valence-electron chi connectivity index (χ3n) is 3.72. The number of nitriles is 1. The number of hydrogen-bond donors (Lipinski definition) is 0. The Bertz CT molecular complexity index is 554. The molecule has 112 valence electrons. The molecule has 1 aromatic carbocycles. The molecule has 0 aliphatic carbocycles. The predicted octanol–water partition coefficient (Wildman–Crippen LogP) is 2.72. The zero-order valence-electron chi connectivity index (χ0n) is 12.1. The van der Waals surface area contributed by atoms with Crippen molar-refractivity contribution < 1.29 is 9.66 Å². The first kappa shape index (κ1) is 15.3. The summed E-state index contributed by atoms with van der Waals surface area (Å²) in [7, 11) is 0. The average molecular weight is 289 g/mol. The molecule has 1 atom stereocenters. The third kappa shape index (κ3) is 3.70. The number of piperidine rings is 1. The molecule has 6 nitrogen and oxygen atoms in total. The van der Waals surface area contributed by atoms with E-state index in [0.29, 0.717) is 30.4 Å². The Hall–Kier alpha value is -2.13. The number of ether oxygens (including phenoxy) is 1. The van der Waals surface area contributed by atoms with Gasteiger partial charge in [-0.05, 0) is 37.8 Å². The molecule has 0 bridgehead atoms. The van der Waals surface area contributed by atoms with E-state index in [2.05, 4.69) is 0 Å². The van der Waals surface area contributed by atoms with E-state index in [1.807, 2.05) is 17.9 Å². The molecule has 6 heteroatoms. The van der Waals surface area contributed by atoms with Crippen molar-refractivity contribution >= 4 is 11.4 Å². The number of benzene rings is 1. The summed E-state index contributed by atoms with van der Waals surface area (Å²) in [5, 5.41) is 20.1. The van der Waals surface area contributed by atoms with Gasteiger partial charge in [0, 0.05) is 25.8 Å². The summed E-state index contributed by atoms with van der Waals surface area (Å²) >= 11 is 0. The van der Waals surface area contributed by atoms with E-state index < -0.39 is 4.92 Å². The van der Waals surface area contributed by atoms with Gasteiger partial charge in [-0.1, -0.05) is 0 Å². The third-order valence-corrected chi connectivity index (χ3v) is 3.72. The van der Waals surface area contributed by atoms with Crippen LogP contribution in [0.4, 0.5) is 11.4 Å². The van der Waals surface area contributed by atoms with E-state index in [4.69, 9.17) is 10.00 Å². The van der Waals surface area contributed by atoms with Gasteiger partial charge in [0.1, 0.15) is 5.69 Å². The monoisotopic (exact) mass is 289 g/mol. The highest BCUT2D eigenvalue weighted by Gasteiger charge is 2.25. The van der Waals surface area contributed by atoms with Crippen LogP contribution in [0.15, 0.2) is 18.2 Å². The summed E-state index contributed by atoms with van der Waals surface area (Å²) < 4.78 is 5.47. The van der Waals surface area contributed by atoms with Gasteiger partial charge >= 0.3 is 0 Å².